The molecule has 1 aromatic carbocycles. The smallest absolute Gasteiger partial charge is 0.313 e. The molecule has 106 valence electrons. The lowest BCUT2D eigenvalue weighted by atomic mass is 10.2. The fourth-order valence-electron chi connectivity index (χ4n) is 1.80. The molecule has 2 rings (SSSR count). The third-order valence-electron chi connectivity index (χ3n) is 2.72. The first-order valence-electron chi connectivity index (χ1n) is 6.24. The molecule has 1 heterocycles. The van der Waals surface area contributed by atoms with E-state index in [4.69, 9.17) is 16.7 Å². The van der Waals surface area contributed by atoms with Gasteiger partial charge in [-0.05, 0) is 30.2 Å². The highest BCUT2D eigenvalue weighted by molar-refractivity contribution is 7.99. The summed E-state index contributed by atoms with van der Waals surface area (Å²) in [5.41, 5.74) is 2.00. The molecule has 0 fully saturated rings. The predicted octanol–water partition coefficient (Wildman–Crippen LogP) is 3.32. The molecule has 2 aromatic rings. The molecule has 0 atom stereocenters. The number of carboxylic acid groups (broad SMARTS) is 1. The minimum absolute atomic E-state index is 0.0321. The molecule has 0 amide bonds. The van der Waals surface area contributed by atoms with Gasteiger partial charge in [-0.25, -0.2) is 0 Å². The van der Waals surface area contributed by atoms with E-state index in [0.717, 1.165) is 22.7 Å². The first kappa shape index (κ1) is 14.9. The van der Waals surface area contributed by atoms with Crippen molar-refractivity contribution in [3.8, 4) is 0 Å². The Morgan fingerprint density at radius 2 is 2.25 bits per heavy atom. The van der Waals surface area contributed by atoms with Gasteiger partial charge < -0.3 is 5.11 Å². The third kappa shape index (κ3) is 4.02. The molecule has 4 nitrogen and oxygen atoms in total. The molecule has 0 bridgehead atoms. The highest BCUT2D eigenvalue weighted by atomic mass is 35.5. The number of aryl methyl sites for hydroxylation is 1. The largest absolute Gasteiger partial charge is 0.481 e. The molecule has 0 radical (unpaired) electrons. The molecule has 6 heteroatoms. The number of aliphatic carboxylic acids is 1. The van der Waals surface area contributed by atoms with E-state index in [1.54, 1.807) is 0 Å². The average Bonchev–Trinajstić information content (AvgIpc) is 2.79. The Morgan fingerprint density at radius 3 is 2.90 bits per heavy atom. The molecule has 0 unspecified atom stereocenters. The third-order valence-corrected chi connectivity index (χ3v) is 3.97. The van der Waals surface area contributed by atoms with Crippen LogP contribution in [0.15, 0.2) is 35.4 Å². The van der Waals surface area contributed by atoms with Crippen molar-refractivity contribution in [2.45, 2.75) is 24.9 Å². The van der Waals surface area contributed by atoms with Crippen LogP contribution in [0, 0.1) is 0 Å². The summed E-state index contributed by atoms with van der Waals surface area (Å²) in [5.74, 6) is -0.798. The minimum atomic E-state index is -0.830. The second-order valence-electron chi connectivity index (χ2n) is 4.30. The summed E-state index contributed by atoms with van der Waals surface area (Å²) in [6, 6.07) is 9.53. The Bertz CT molecular complexity index is 613. The van der Waals surface area contributed by atoms with Gasteiger partial charge in [0.25, 0.3) is 0 Å². The monoisotopic (exact) mass is 310 g/mol. The van der Waals surface area contributed by atoms with Crippen molar-refractivity contribution >= 4 is 29.3 Å². The summed E-state index contributed by atoms with van der Waals surface area (Å²) in [5, 5.41) is 14.8. The topological polar surface area (TPSA) is 55.1 Å². The Hall–Kier alpha value is -1.46. The Kier molecular flexibility index (Phi) is 5.09. The van der Waals surface area contributed by atoms with E-state index >= 15 is 0 Å². The van der Waals surface area contributed by atoms with Crippen molar-refractivity contribution in [2.24, 2.45) is 0 Å². The van der Waals surface area contributed by atoms with Crippen molar-refractivity contribution in [1.82, 2.24) is 9.78 Å². The summed E-state index contributed by atoms with van der Waals surface area (Å²) in [7, 11) is 0. The van der Waals surface area contributed by atoms with Crippen LogP contribution in [0.25, 0.3) is 0 Å². The van der Waals surface area contributed by atoms with Crippen LogP contribution < -0.4 is 0 Å². The molecule has 0 aliphatic rings. The lowest BCUT2D eigenvalue weighted by Gasteiger charge is -2.06. The van der Waals surface area contributed by atoms with Gasteiger partial charge in [-0.2, -0.15) is 5.10 Å². The molecule has 0 spiro atoms. The van der Waals surface area contributed by atoms with Gasteiger partial charge >= 0.3 is 5.97 Å². The maximum Gasteiger partial charge on any atom is 0.313 e. The van der Waals surface area contributed by atoms with Crippen LogP contribution in [0.1, 0.15) is 18.2 Å². The molecule has 20 heavy (non-hydrogen) atoms. The number of halogens is 1. The minimum Gasteiger partial charge on any atom is -0.481 e. The Balaban J connectivity index is 2.20. The molecule has 0 saturated carbocycles. The summed E-state index contributed by atoms with van der Waals surface area (Å²) in [4.78, 5) is 10.7. The SMILES string of the molecule is CCc1cc(SCC(=O)O)n(Cc2cccc(Cl)c2)n1. The van der Waals surface area contributed by atoms with Gasteiger partial charge in [0.2, 0.25) is 0 Å². The van der Waals surface area contributed by atoms with Crippen LogP contribution in [-0.4, -0.2) is 26.6 Å². The zero-order chi connectivity index (χ0) is 14.5. The van der Waals surface area contributed by atoms with Crippen molar-refractivity contribution in [3.63, 3.8) is 0 Å². The van der Waals surface area contributed by atoms with E-state index in [1.807, 2.05) is 41.9 Å². The number of aromatic nitrogens is 2. The van der Waals surface area contributed by atoms with Gasteiger partial charge in [0.05, 0.1) is 23.0 Å². The number of hydrogen-bond donors (Lipinski definition) is 1. The standard InChI is InChI=1S/C14H15ClN2O2S/c1-2-12-7-13(20-9-14(18)19)17(16-12)8-10-4-3-5-11(15)6-10/h3-7H,2,8-9H2,1H3,(H,18,19). The molecule has 0 aliphatic carbocycles. The van der Waals surface area contributed by atoms with Gasteiger partial charge in [-0.15, -0.1) is 0 Å². The number of carboxylic acids is 1. The van der Waals surface area contributed by atoms with E-state index in [0.29, 0.717) is 11.6 Å². The van der Waals surface area contributed by atoms with Gasteiger partial charge in [0, 0.05) is 5.02 Å². The fraction of sp³-hybridized carbons (Fsp3) is 0.286. The van der Waals surface area contributed by atoms with Gasteiger partial charge in [0.15, 0.2) is 0 Å². The van der Waals surface area contributed by atoms with Crippen molar-refractivity contribution in [3.05, 3.63) is 46.6 Å². The lowest BCUT2D eigenvalue weighted by molar-refractivity contribution is -0.133. The quantitative estimate of drug-likeness (QED) is 0.832. The van der Waals surface area contributed by atoms with Gasteiger partial charge in [-0.3, -0.25) is 9.48 Å². The van der Waals surface area contributed by atoms with Gasteiger partial charge in [0.1, 0.15) is 0 Å². The predicted molar refractivity (Wildman–Crippen MR) is 80.5 cm³/mol. The number of nitrogens with zero attached hydrogens (tertiary/aromatic N) is 2. The number of hydrogen-bond acceptors (Lipinski definition) is 3. The van der Waals surface area contributed by atoms with E-state index < -0.39 is 5.97 Å². The van der Waals surface area contributed by atoms with Crippen molar-refractivity contribution in [2.75, 3.05) is 5.75 Å². The molecule has 0 aliphatic heterocycles. The summed E-state index contributed by atoms with van der Waals surface area (Å²) < 4.78 is 1.83. The highest BCUT2D eigenvalue weighted by Gasteiger charge is 2.10. The van der Waals surface area contributed by atoms with Crippen LogP contribution in [0.3, 0.4) is 0 Å². The van der Waals surface area contributed by atoms with E-state index in [-0.39, 0.29) is 5.75 Å². The molecular weight excluding hydrogens is 296 g/mol. The van der Waals surface area contributed by atoms with E-state index in [2.05, 4.69) is 5.10 Å². The summed E-state index contributed by atoms with van der Waals surface area (Å²) in [6.45, 7) is 2.61. The van der Waals surface area contributed by atoms with Crippen LogP contribution in [0.5, 0.6) is 0 Å². The number of rotatable bonds is 6. The maximum absolute atomic E-state index is 10.7. The Morgan fingerprint density at radius 1 is 1.45 bits per heavy atom. The van der Waals surface area contributed by atoms with E-state index in [9.17, 15) is 4.79 Å². The van der Waals surface area contributed by atoms with Crippen molar-refractivity contribution in [1.29, 1.82) is 0 Å². The first-order chi connectivity index (χ1) is 9.58. The molecule has 0 saturated heterocycles. The van der Waals surface area contributed by atoms with Crippen LogP contribution >= 0.6 is 23.4 Å². The summed E-state index contributed by atoms with van der Waals surface area (Å²) >= 11 is 7.26. The molecular formula is C14H15ClN2O2S. The van der Waals surface area contributed by atoms with Gasteiger partial charge in [-0.1, -0.05) is 42.4 Å². The average molecular weight is 311 g/mol. The Labute approximate surface area is 126 Å². The second kappa shape index (κ2) is 6.81. The van der Waals surface area contributed by atoms with Crippen LogP contribution in [0.2, 0.25) is 5.02 Å². The van der Waals surface area contributed by atoms with Crippen LogP contribution in [-0.2, 0) is 17.8 Å². The number of thioether (sulfide) groups is 1. The summed E-state index contributed by atoms with van der Waals surface area (Å²) in [6.07, 6.45) is 0.823. The zero-order valence-corrected chi connectivity index (χ0v) is 12.6. The first-order valence-corrected chi connectivity index (χ1v) is 7.60. The second-order valence-corrected chi connectivity index (χ2v) is 5.73. The molecule has 1 N–H and O–H groups in total. The fourth-order valence-corrected chi connectivity index (χ4v) is 2.75. The number of benzene rings is 1. The maximum atomic E-state index is 10.7. The molecule has 1 aromatic heterocycles. The normalized spacial score (nSPS) is 10.7. The number of carbonyl (C=O) groups is 1. The zero-order valence-electron chi connectivity index (χ0n) is 11.0. The van der Waals surface area contributed by atoms with Crippen molar-refractivity contribution < 1.29 is 9.90 Å². The van der Waals surface area contributed by atoms with Crippen LogP contribution in [0.4, 0.5) is 0 Å². The van der Waals surface area contributed by atoms with E-state index in [1.165, 1.54) is 11.8 Å². The lowest BCUT2D eigenvalue weighted by Crippen LogP contribution is -2.05. The highest BCUT2D eigenvalue weighted by Crippen LogP contribution is 2.21.